The summed E-state index contributed by atoms with van der Waals surface area (Å²) < 4.78 is 4.97. The third kappa shape index (κ3) is 4.42. The molecule has 0 unspecified atom stereocenters. The van der Waals surface area contributed by atoms with Gasteiger partial charge in [0.1, 0.15) is 5.01 Å². The number of pyridine rings is 1. The summed E-state index contributed by atoms with van der Waals surface area (Å²) in [5.41, 5.74) is 2.26. The van der Waals surface area contributed by atoms with Gasteiger partial charge in [-0.15, -0.1) is 11.3 Å². The van der Waals surface area contributed by atoms with Crippen LogP contribution in [0.5, 0.6) is 5.88 Å². The average molecular weight is 368 g/mol. The Morgan fingerprint density at radius 3 is 2.50 bits per heavy atom. The molecule has 0 radical (unpaired) electrons. The molecule has 0 spiro atoms. The maximum atomic E-state index is 12.0. The lowest BCUT2D eigenvalue weighted by atomic mass is 10.2. The number of ether oxygens (including phenoxy) is 1. The second-order valence-corrected chi connectivity index (χ2v) is 6.15. The van der Waals surface area contributed by atoms with Crippen molar-refractivity contribution < 1.29 is 14.3 Å². The van der Waals surface area contributed by atoms with Crippen LogP contribution in [0, 0.1) is 0 Å². The zero-order valence-electron chi connectivity index (χ0n) is 13.9. The Kier molecular flexibility index (Phi) is 5.55. The fourth-order valence-electron chi connectivity index (χ4n) is 2.15. The molecule has 0 saturated carbocycles. The van der Waals surface area contributed by atoms with Crippen molar-refractivity contribution in [2.75, 3.05) is 12.4 Å². The number of aromatic nitrogens is 2. The molecule has 26 heavy (non-hydrogen) atoms. The van der Waals surface area contributed by atoms with E-state index in [4.69, 9.17) is 4.74 Å². The maximum Gasteiger partial charge on any atom is 0.313 e. The second kappa shape index (κ2) is 8.21. The molecule has 132 valence electrons. The molecule has 2 aromatic heterocycles. The van der Waals surface area contributed by atoms with Crippen molar-refractivity contribution in [3.05, 3.63) is 59.7 Å². The topological polar surface area (TPSA) is 93.2 Å². The van der Waals surface area contributed by atoms with Crippen LogP contribution in [0.1, 0.15) is 5.56 Å². The first-order valence-corrected chi connectivity index (χ1v) is 8.61. The summed E-state index contributed by atoms with van der Waals surface area (Å²) in [6.07, 6.45) is 3.31. The normalized spacial score (nSPS) is 10.2. The predicted octanol–water partition coefficient (Wildman–Crippen LogP) is 2.47. The minimum absolute atomic E-state index is 0.201. The van der Waals surface area contributed by atoms with Crippen LogP contribution in [0.25, 0.3) is 10.6 Å². The summed E-state index contributed by atoms with van der Waals surface area (Å²) in [7, 11) is 1.53. The lowest BCUT2D eigenvalue weighted by molar-refractivity contribution is -0.136. The van der Waals surface area contributed by atoms with E-state index in [9.17, 15) is 9.59 Å². The first-order valence-electron chi connectivity index (χ1n) is 7.74. The van der Waals surface area contributed by atoms with Gasteiger partial charge in [-0.2, -0.15) is 0 Å². The van der Waals surface area contributed by atoms with Crippen LogP contribution < -0.4 is 15.4 Å². The molecule has 0 aliphatic carbocycles. The van der Waals surface area contributed by atoms with Crippen molar-refractivity contribution in [2.24, 2.45) is 0 Å². The van der Waals surface area contributed by atoms with Crippen molar-refractivity contribution in [3.63, 3.8) is 0 Å². The van der Waals surface area contributed by atoms with Gasteiger partial charge in [0.15, 0.2) is 0 Å². The highest BCUT2D eigenvalue weighted by Crippen LogP contribution is 2.23. The van der Waals surface area contributed by atoms with Crippen molar-refractivity contribution in [3.8, 4) is 16.5 Å². The van der Waals surface area contributed by atoms with E-state index in [0.717, 1.165) is 16.1 Å². The Morgan fingerprint density at radius 2 is 1.88 bits per heavy atom. The summed E-state index contributed by atoms with van der Waals surface area (Å²) in [5, 5.41) is 7.91. The molecule has 2 N–H and O–H groups in total. The number of anilines is 1. The van der Waals surface area contributed by atoms with E-state index in [2.05, 4.69) is 20.6 Å². The Morgan fingerprint density at radius 1 is 1.08 bits per heavy atom. The van der Waals surface area contributed by atoms with Gasteiger partial charge >= 0.3 is 11.8 Å². The number of rotatable bonds is 5. The Balaban J connectivity index is 1.52. The SMILES string of the molecule is COc1ccc(CNC(=O)C(=O)Nc2ccc(-c3nccs3)cc2)cn1. The fraction of sp³-hybridized carbons (Fsp3) is 0.111. The number of carbonyl (C=O) groups is 2. The van der Waals surface area contributed by atoms with E-state index in [-0.39, 0.29) is 6.54 Å². The molecule has 2 heterocycles. The van der Waals surface area contributed by atoms with Gasteiger partial charge in [-0.1, -0.05) is 6.07 Å². The summed E-state index contributed by atoms with van der Waals surface area (Å²) in [6, 6.07) is 10.6. The van der Waals surface area contributed by atoms with Crippen LogP contribution in [0.15, 0.2) is 54.2 Å². The zero-order valence-corrected chi connectivity index (χ0v) is 14.7. The second-order valence-electron chi connectivity index (χ2n) is 5.26. The Labute approximate surface area is 154 Å². The molecule has 0 bridgehead atoms. The third-order valence-corrected chi connectivity index (χ3v) is 4.31. The smallest absolute Gasteiger partial charge is 0.313 e. The number of nitrogens with one attached hydrogen (secondary N) is 2. The number of benzene rings is 1. The van der Waals surface area contributed by atoms with Crippen LogP contribution in [-0.2, 0) is 16.1 Å². The highest BCUT2D eigenvalue weighted by atomic mass is 32.1. The molecule has 0 fully saturated rings. The van der Waals surface area contributed by atoms with Crippen molar-refractivity contribution in [1.29, 1.82) is 0 Å². The lowest BCUT2D eigenvalue weighted by Gasteiger charge is -2.07. The van der Waals surface area contributed by atoms with Crippen molar-refractivity contribution >= 4 is 28.8 Å². The van der Waals surface area contributed by atoms with Gasteiger partial charge in [0, 0.05) is 41.6 Å². The molecule has 0 aliphatic rings. The molecule has 0 aliphatic heterocycles. The van der Waals surface area contributed by atoms with E-state index >= 15 is 0 Å². The van der Waals surface area contributed by atoms with Crippen LogP contribution >= 0.6 is 11.3 Å². The minimum atomic E-state index is -0.728. The van der Waals surface area contributed by atoms with Gasteiger partial charge in [-0.25, -0.2) is 9.97 Å². The quantitative estimate of drug-likeness (QED) is 0.675. The van der Waals surface area contributed by atoms with Gasteiger partial charge in [-0.3, -0.25) is 9.59 Å². The Bertz CT molecular complexity index is 878. The minimum Gasteiger partial charge on any atom is -0.481 e. The zero-order chi connectivity index (χ0) is 18.4. The Hall–Kier alpha value is -3.26. The van der Waals surface area contributed by atoms with Crippen LogP contribution in [0.4, 0.5) is 5.69 Å². The number of nitrogens with zero attached hydrogens (tertiary/aromatic N) is 2. The highest BCUT2D eigenvalue weighted by molar-refractivity contribution is 7.13. The molecule has 8 heteroatoms. The van der Waals surface area contributed by atoms with Gasteiger partial charge in [0.25, 0.3) is 0 Å². The van der Waals surface area contributed by atoms with Crippen LogP contribution in [-0.4, -0.2) is 28.9 Å². The van der Waals surface area contributed by atoms with Gasteiger partial charge < -0.3 is 15.4 Å². The molecular formula is C18H16N4O3S. The lowest BCUT2D eigenvalue weighted by Crippen LogP contribution is -2.34. The van der Waals surface area contributed by atoms with E-state index < -0.39 is 11.8 Å². The highest BCUT2D eigenvalue weighted by Gasteiger charge is 2.13. The fourth-order valence-corrected chi connectivity index (χ4v) is 2.79. The number of hydrogen-bond donors (Lipinski definition) is 2. The van der Waals surface area contributed by atoms with E-state index in [1.165, 1.54) is 18.4 Å². The number of carbonyl (C=O) groups excluding carboxylic acids is 2. The summed E-state index contributed by atoms with van der Waals surface area (Å²) in [4.78, 5) is 32.2. The van der Waals surface area contributed by atoms with E-state index in [1.807, 2.05) is 17.5 Å². The molecule has 1 aromatic carbocycles. The molecule has 3 rings (SSSR count). The van der Waals surface area contributed by atoms with Crippen molar-refractivity contribution in [2.45, 2.75) is 6.54 Å². The third-order valence-electron chi connectivity index (χ3n) is 3.49. The van der Waals surface area contributed by atoms with E-state index in [0.29, 0.717) is 11.6 Å². The summed E-state index contributed by atoms with van der Waals surface area (Å²) in [6.45, 7) is 0.201. The standard InChI is InChI=1S/C18H16N4O3S/c1-25-15-7-2-12(10-20-15)11-21-16(23)17(24)22-14-5-3-13(4-6-14)18-19-8-9-26-18/h2-10H,11H2,1H3,(H,21,23)(H,22,24). The first kappa shape index (κ1) is 17.6. The number of hydrogen-bond acceptors (Lipinski definition) is 6. The average Bonchev–Trinajstić information content (AvgIpc) is 3.22. The number of amides is 2. The molecule has 0 saturated heterocycles. The molecule has 0 atom stereocenters. The number of thiazole rings is 1. The summed E-state index contributed by atoms with van der Waals surface area (Å²) in [5.74, 6) is -0.961. The van der Waals surface area contributed by atoms with Gasteiger partial charge in [-0.05, 0) is 29.8 Å². The van der Waals surface area contributed by atoms with Crippen molar-refractivity contribution in [1.82, 2.24) is 15.3 Å². The van der Waals surface area contributed by atoms with Gasteiger partial charge in [0.05, 0.1) is 7.11 Å². The van der Waals surface area contributed by atoms with Gasteiger partial charge in [0.2, 0.25) is 5.88 Å². The van der Waals surface area contributed by atoms with Crippen LogP contribution in [0.2, 0.25) is 0 Å². The number of methoxy groups -OCH3 is 1. The largest absolute Gasteiger partial charge is 0.481 e. The predicted molar refractivity (Wildman–Crippen MR) is 98.8 cm³/mol. The molecule has 7 nitrogen and oxygen atoms in total. The summed E-state index contributed by atoms with van der Waals surface area (Å²) >= 11 is 1.53. The van der Waals surface area contributed by atoms with Crippen LogP contribution in [0.3, 0.4) is 0 Å². The maximum absolute atomic E-state index is 12.0. The molecule has 2 amide bonds. The van der Waals surface area contributed by atoms with E-state index in [1.54, 1.807) is 36.7 Å². The first-order chi connectivity index (χ1) is 12.7. The molecule has 3 aromatic rings. The monoisotopic (exact) mass is 368 g/mol. The molecular weight excluding hydrogens is 352 g/mol.